The van der Waals surface area contributed by atoms with Gasteiger partial charge in [-0.25, -0.2) is 14.6 Å². The van der Waals surface area contributed by atoms with Crippen molar-refractivity contribution >= 4 is 17.8 Å². The van der Waals surface area contributed by atoms with Crippen LogP contribution in [0.15, 0.2) is 12.1 Å². The number of hydrogen-bond acceptors (Lipinski definition) is 6. The monoisotopic (exact) mass is 501 g/mol. The minimum absolute atomic E-state index is 0.0135. The van der Waals surface area contributed by atoms with Gasteiger partial charge in [0.2, 0.25) is 0 Å². The third-order valence-electron chi connectivity index (χ3n) is 7.86. The molecule has 9 heteroatoms. The van der Waals surface area contributed by atoms with E-state index in [1.165, 1.54) is 5.56 Å². The number of nitrogens with zero attached hydrogens (tertiary/aromatic N) is 3. The predicted molar refractivity (Wildman–Crippen MR) is 139 cm³/mol. The maximum atomic E-state index is 12.8. The second-order valence-electron chi connectivity index (χ2n) is 10.4. The molecule has 0 bridgehead atoms. The molecule has 9 nitrogen and oxygen atoms in total. The lowest BCUT2D eigenvalue weighted by molar-refractivity contribution is -0.139. The Hall–Kier alpha value is -2.39. The van der Waals surface area contributed by atoms with Crippen molar-refractivity contribution in [1.82, 2.24) is 20.1 Å². The molecule has 2 aliphatic heterocycles. The lowest BCUT2D eigenvalue weighted by Crippen LogP contribution is -2.51. The van der Waals surface area contributed by atoms with Crippen LogP contribution in [0.25, 0.3) is 0 Å². The van der Waals surface area contributed by atoms with Crippen LogP contribution in [0.2, 0.25) is 0 Å². The lowest BCUT2D eigenvalue weighted by Gasteiger charge is -2.28. The number of unbranched alkanes of at least 4 members (excludes halogenated alkanes) is 1. The van der Waals surface area contributed by atoms with Crippen LogP contribution in [0, 0.1) is 0 Å². The number of amides is 2. The van der Waals surface area contributed by atoms with E-state index in [1.807, 2.05) is 11.8 Å². The fourth-order valence-corrected chi connectivity index (χ4v) is 5.54. The SMILES string of the molecule is CCOCCN(CCCCc1ccc2c(n1)NCCC2)CCC(NC(=O)N1CCCC12CC2)C(=O)O. The van der Waals surface area contributed by atoms with Crippen LogP contribution in [0.5, 0.6) is 0 Å². The smallest absolute Gasteiger partial charge is 0.326 e. The Morgan fingerprint density at radius 2 is 2.08 bits per heavy atom. The van der Waals surface area contributed by atoms with Crippen LogP contribution < -0.4 is 10.6 Å². The Kier molecular flexibility index (Phi) is 9.42. The Bertz CT molecular complexity index is 891. The highest BCUT2D eigenvalue weighted by atomic mass is 16.5. The van der Waals surface area contributed by atoms with Crippen molar-refractivity contribution in [3.8, 4) is 0 Å². The average molecular weight is 502 g/mol. The molecule has 4 rings (SSSR count). The number of carbonyl (C=O) groups excluding carboxylic acids is 1. The molecule has 1 aromatic rings. The highest BCUT2D eigenvalue weighted by Gasteiger charge is 2.53. The second-order valence-corrected chi connectivity index (χ2v) is 10.4. The van der Waals surface area contributed by atoms with E-state index in [0.717, 1.165) is 95.5 Å². The summed E-state index contributed by atoms with van der Waals surface area (Å²) >= 11 is 0. The summed E-state index contributed by atoms with van der Waals surface area (Å²) in [4.78, 5) is 33.7. The number of nitrogens with one attached hydrogen (secondary N) is 2. The van der Waals surface area contributed by atoms with Crippen molar-refractivity contribution in [1.29, 1.82) is 0 Å². The Morgan fingerprint density at radius 3 is 2.86 bits per heavy atom. The van der Waals surface area contributed by atoms with Crippen LogP contribution >= 0.6 is 0 Å². The number of likely N-dealkylation sites (tertiary alicyclic amines) is 1. The summed E-state index contributed by atoms with van der Waals surface area (Å²) in [5.74, 6) is 0.0737. The molecule has 2 amide bonds. The minimum Gasteiger partial charge on any atom is -0.480 e. The van der Waals surface area contributed by atoms with E-state index < -0.39 is 12.0 Å². The summed E-state index contributed by atoms with van der Waals surface area (Å²) in [6, 6.07) is 3.25. The van der Waals surface area contributed by atoms with E-state index in [1.54, 1.807) is 0 Å². The maximum Gasteiger partial charge on any atom is 0.326 e. The fraction of sp³-hybridized carbons (Fsp3) is 0.741. The van der Waals surface area contributed by atoms with Gasteiger partial charge in [0.15, 0.2) is 0 Å². The predicted octanol–water partition coefficient (Wildman–Crippen LogP) is 3.28. The first-order chi connectivity index (χ1) is 17.5. The van der Waals surface area contributed by atoms with Crippen molar-refractivity contribution < 1.29 is 19.4 Å². The summed E-state index contributed by atoms with van der Waals surface area (Å²) in [6.07, 6.45) is 9.73. The fourth-order valence-electron chi connectivity index (χ4n) is 5.54. The second kappa shape index (κ2) is 12.7. The molecule has 1 aromatic heterocycles. The van der Waals surface area contributed by atoms with Crippen molar-refractivity contribution in [3.05, 3.63) is 23.4 Å². The van der Waals surface area contributed by atoms with Crippen LogP contribution in [-0.2, 0) is 22.4 Å². The zero-order valence-electron chi connectivity index (χ0n) is 21.8. The Labute approximate surface area is 215 Å². The summed E-state index contributed by atoms with van der Waals surface area (Å²) in [5, 5.41) is 16.0. The summed E-state index contributed by atoms with van der Waals surface area (Å²) in [6.45, 7) is 7.22. The molecule has 1 saturated heterocycles. The molecule has 1 aliphatic carbocycles. The van der Waals surface area contributed by atoms with Gasteiger partial charge in [-0.2, -0.15) is 0 Å². The Balaban J connectivity index is 1.23. The van der Waals surface area contributed by atoms with Gasteiger partial charge < -0.3 is 30.3 Å². The van der Waals surface area contributed by atoms with Gasteiger partial charge in [-0.15, -0.1) is 0 Å². The Morgan fingerprint density at radius 1 is 1.22 bits per heavy atom. The topological polar surface area (TPSA) is 107 Å². The average Bonchev–Trinajstić information content (AvgIpc) is 3.53. The molecule has 3 heterocycles. The van der Waals surface area contributed by atoms with Crippen LogP contribution in [0.3, 0.4) is 0 Å². The van der Waals surface area contributed by atoms with Crippen LogP contribution in [0.1, 0.15) is 69.5 Å². The van der Waals surface area contributed by atoms with E-state index in [-0.39, 0.29) is 11.6 Å². The molecule has 3 N–H and O–H groups in total. The number of carboxylic acids is 1. The highest BCUT2D eigenvalue weighted by Crippen LogP contribution is 2.49. The van der Waals surface area contributed by atoms with Crippen molar-refractivity contribution in [3.63, 3.8) is 0 Å². The molecular weight excluding hydrogens is 458 g/mol. The van der Waals surface area contributed by atoms with E-state index in [0.29, 0.717) is 26.2 Å². The lowest BCUT2D eigenvalue weighted by atomic mass is 10.1. The quantitative estimate of drug-likeness (QED) is 0.336. The molecule has 2 fully saturated rings. The number of rotatable bonds is 14. The minimum atomic E-state index is -0.968. The van der Waals surface area contributed by atoms with Crippen molar-refractivity contribution in [2.45, 2.75) is 82.7 Å². The van der Waals surface area contributed by atoms with Gasteiger partial charge in [-0.3, -0.25) is 0 Å². The molecular formula is C27H43N5O4. The van der Waals surface area contributed by atoms with Gasteiger partial charge in [0.1, 0.15) is 11.9 Å². The third kappa shape index (κ3) is 7.09. The number of anilines is 1. The molecule has 0 aromatic carbocycles. The van der Waals surface area contributed by atoms with Crippen LogP contribution in [-0.4, -0.2) is 89.4 Å². The van der Waals surface area contributed by atoms with Gasteiger partial charge in [0.05, 0.1) is 6.61 Å². The summed E-state index contributed by atoms with van der Waals surface area (Å²) in [7, 11) is 0. The molecule has 1 spiro atoms. The number of aliphatic carboxylic acids is 1. The third-order valence-corrected chi connectivity index (χ3v) is 7.86. The number of carboxylic acid groups (broad SMARTS) is 1. The largest absolute Gasteiger partial charge is 0.480 e. The number of urea groups is 1. The zero-order chi connectivity index (χ0) is 25.4. The normalized spacial score (nSPS) is 18.7. The van der Waals surface area contributed by atoms with E-state index in [4.69, 9.17) is 9.72 Å². The summed E-state index contributed by atoms with van der Waals surface area (Å²) < 4.78 is 5.56. The number of carbonyl (C=O) groups is 2. The van der Waals surface area contributed by atoms with E-state index in [9.17, 15) is 14.7 Å². The zero-order valence-corrected chi connectivity index (χ0v) is 21.8. The van der Waals surface area contributed by atoms with Gasteiger partial charge in [-0.1, -0.05) is 6.07 Å². The molecule has 1 saturated carbocycles. The first-order valence-corrected chi connectivity index (χ1v) is 13.8. The highest BCUT2D eigenvalue weighted by molar-refractivity contribution is 5.83. The number of ether oxygens (including phenoxy) is 1. The number of pyridine rings is 1. The molecule has 0 radical (unpaired) electrons. The molecule has 1 atom stereocenters. The molecule has 3 aliphatic rings. The van der Waals surface area contributed by atoms with E-state index >= 15 is 0 Å². The van der Waals surface area contributed by atoms with Gasteiger partial charge in [0, 0.05) is 44.0 Å². The summed E-state index contributed by atoms with van der Waals surface area (Å²) in [5.41, 5.74) is 2.44. The number of hydrogen-bond donors (Lipinski definition) is 3. The standard InChI is InChI=1S/C27H43N5O4/c1-2-36-20-19-31(16-4-3-8-22-10-9-21-7-5-15-28-24(21)29-22)18-11-23(25(33)34)30-26(35)32-17-6-12-27(32)13-14-27/h9-10,23H,2-8,11-20H2,1H3,(H,28,29)(H,30,35)(H,33,34). The van der Waals surface area contributed by atoms with Gasteiger partial charge >= 0.3 is 12.0 Å². The first kappa shape index (κ1) is 26.7. The van der Waals surface area contributed by atoms with Crippen molar-refractivity contribution in [2.75, 3.05) is 51.3 Å². The van der Waals surface area contributed by atoms with E-state index in [2.05, 4.69) is 27.7 Å². The number of fused-ring (bicyclic) bond motifs is 1. The molecule has 1 unspecified atom stereocenters. The van der Waals surface area contributed by atoms with Gasteiger partial charge in [-0.05, 0) is 89.3 Å². The number of aryl methyl sites for hydroxylation is 2. The molecule has 200 valence electrons. The van der Waals surface area contributed by atoms with Crippen molar-refractivity contribution in [2.24, 2.45) is 0 Å². The maximum absolute atomic E-state index is 12.8. The number of aromatic nitrogens is 1. The first-order valence-electron chi connectivity index (χ1n) is 13.8. The van der Waals surface area contributed by atoms with Crippen LogP contribution in [0.4, 0.5) is 10.6 Å². The van der Waals surface area contributed by atoms with Gasteiger partial charge in [0.25, 0.3) is 0 Å². The molecule has 36 heavy (non-hydrogen) atoms.